The highest BCUT2D eigenvalue weighted by Crippen LogP contribution is 2.10. The second kappa shape index (κ2) is 6.77. The summed E-state index contributed by atoms with van der Waals surface area (Å²) >= 11 is 0. The molecular weight excluding hydrogens is 262 g/mol. The summed E-state index contributed by atoms with van der Waals surface area (Å²) in [6, 6.07) is 4.01. The minimum Gasteiger partial charge on any atom is -0.313 e. The molecule has 0 aliphatic carbocycles. The Kier molecular flexibility index (Phi) is 5.64. The summed E-state index contributed by atoms with van der Waals surface area (Å²) in [5.74, 6) is -1.72. The molecule has 102 valence electrons. The molecule has 2 N–H and O–H groups in total. The van der Waals surface area contributed by atoms with Gasteiger partial charge in [0.25, 0.3) is 0 Å². The fourth-order valence-corrected chi connectivity index (χ4v) is 1.89. The smallest absolute Gasteiger partial charge is 0.208 e. The van der Waals surface area contributed by atoms with E-state index < -0.39 is 21.7 Å². The SMILES string of the molecule is CS(=O)(=O)NCCCNCc1cccc(F)c1F. The van der Waals surface area contributed by atoms with Crippen molar-refractivity contribution in [3.05, 3.63) is 35.4 Å². The van der Waals surface area contributed by atoms with Crippen molar-refractivity contribution in [2.45, 2.75) is 13.0 Å². The van der Waals surface area contributed by atoms with Gasteiger partial charge in [-0.1, -0.05) is 12.1 Å². The molecule has 7 heteroatoms. The highest BCUT2D eigenvalue weighted by Gasteiger charge is 2.06. The average molecular weight is 278 g/mol. The maximum Gasteiger partial charge on any atom is 0.208 e. The van der Waals surface area contributed by atoms with Gasteiger partial charge in [0.05, 0.1) is 6.26 Å². The number of halogens is 2. The number of sulfonamides is 1. The first-order chi connectivity index (χ1) is 8.40. The summed E-state index contributed by atoms with van der Waals surface area (Å²) in [7, 11) is -3.16. The topological polar surface area (TPSA) is 58.2 Å². The van der Waals surface area contributed by atoms with Crippen LogP contribution >= 0.6 is 0 Å². The maximum absolute atomic E-state index is 13.2. The highest BCUT2D eigenvalue weighted by molar-refractivity contribution is 7.88. The van der Waals surface area contributed by atoms with E-state index in [1.807, 2.05) is 0 Å². The molecule has 0 heterocycles. The third kappa shape index (κ3) is 5.52. The van der Waals surface area contributed by atoms with Gasteiger partial charge in [0, 0.05) is 18.7 Å². The molecule has 0 spiro atoms. The Balaban J connectivity index is 2.24. The monoisotopic (exact) mass is 278 g/mol. The van der Waals surface area contributed by atoms with Crippen LogP contribution in [0.1, 0.15) is 12.0 Å². The zero-order chi connectivity index (χ0) is 13.6. The van der Waals surface area contributed by atoms with Crippen LogP contribution in [0.15, 0.2) is 18.2 Å². The predicted molar refractivity (Wildman–Crippen MR) is 65.5 cm³/mol. The molecule has 0 aromatic heterocycles. The molecule has 0 saturated heterocycles. The lowest BCUT2D eigenvalue weighted by Crippen LogP contribution is -2.26. The molecule has 1 aromatic rings. The molecule has 0 aliphatic heterocycles. The van der Waals surface area contributed by atoms with Crippen molar-refractivity contribution in [2.75, 3.05) is 19.3 Å². The van der Waals surface area contributed by atoms with Crippen molar-refractivity contribution in [3.8, 4) is 0 Å². The summed E-state index contributed by atoms with van der Waals surface area (Å²) in [4.78, 5) is 0. The van der Waals surface area contributed by atoms with Gasteiger partial charge >= 0.3 is 0 Å². The molecule has 18 heavy (non-hydrogen) atoms. The van der Waals surface area contributed by atoms with E-state index in [0.717, 1.165) is 12.3 Å². The van der Waals surface area contributed by atoms with Crippen molar-refractivity contribution < 1.29 is 17.2 Å². The van der Waals surface area contributed by atoms with Crippen LogP contribution in [-0.2, 0) is 16.6 Å². The first kappa shape index (κ1) is 15.0. The Hall–Kier alpha value is -1.05. The third-order valence-corrected chi connectivity index (χ3v) is 2.97. The fourth-order valence-electron chi connectivity index (χ4n) is 1.38. The zero-order valence-electron chi connectivity index (χ0n) is 10.0. The van der Waals surface area contributed by atoms with Crippen LogP contribution in [-0.4, -0.2) is 27.8 Å². The van der Waals surface area contributed by atoms with Crippen molar-refractivity contribution in [3.63, 3.8) is 0 Å². The van der Waals surface area contributed by atoms with Crippen molar-refractivity contribution in [1.82, 2.24) is 10.0 Å². The van der Waals surface area contributed by atoms with Crippen molar-refractivity contribution in [1.29, 1.82) is 0 Å². The Morgan fingerprint density at radius 2 is 1.94 bits per heavy atom. The van der Waals surface area contributed by atoms with Gasteiger partial charge in [0.15, 0.2) is 11.6 Å². The molecule has 0 bridgehead atoms. The molecule has 0 aliphatic rings. The van der Waals surface area contributed by atoms with Crippen LogP contribution in [0.25, 0.3) is 0 Å². The molecule has 0 atom stereocenters. The van der Waals surface area contributed by atoms with E-state index in [-0.39, 0.29) is 12.1 Å². The summed E-state index contributed by atoms with van der Waals surface area (Å²) in [6.45, 7) is 1.04. The Bertz CT molecular complexity index is 492. The molecule has 0 radical (unpaired) electrons. The lowest BCUT2D eigenvalue weighted by Gasteiger charge is -2.06. The molecule has 1 rings (SSSR count). The highest BCUT2D eigenvalue weighted by atomic mass is 32.2. The van der Waals surface area contributed by atoms with E-state index in [1.165, 1.54) is 12.1 Å². The maximum atomic E-state index is 13.2. The Morgan fingerprint density at radius 1 is 1.22 bits per heavy atom. The normalized spacial score (nSPS) is 11.7. The minimum absolute atomic E-state index is 0.211. The largest absolute Gasteiger partial charge is 0.313 e. The molecule has 1 aromatic carbocycles. The third-order valence-electron chi connectivity index (χ3n) is 2.24. The lowest BCUT2D eigenvalue weighted by atomic mass is 10.2. The second-order valence-electron chi connectivity index (χ2n) is 3.91. The van der Waals surface area contributed by atoms with Crippen LogP contribution < -0.4 is 10.0 Å². The first-order valence-electron chi connectivity index (χ1n) is 5.48. The Labute approximate surface area is 105 Å². The fraction of sp³-hybridized carbons (Fsp3) is 0.455. The summed E-state index contributed by atoms with van der Waals surface area (Å²) in [5.41, 5.74) is 0.256. The van der Waals surface area contributed by atoms with Crippen LogP contribution in [0.3, 0.4) is 0 Å². The van der Waals surface area contributed by atoms with Gasteiger partial charge in [-0.05, 0) is 19.0 Å². The van der Waals surface area contributed by atoms with Gasteiger partial charge in [0.2, 0.25) is 10.0 Å². The van der Waals surface area contributed by atoms with Gasteiger partial charge in [-0.2, -0.15) is 0 Å². The quantitative estimate of drug-likeness (QED) is 0.731. The van der Waals surface area contributed by atoms with Crippen molar-refractivity contribution in [2.24, 2.45) is 0 Å². The number of hydrogen-bond donors (Lipinski definition) is 2. The average Bonchev–Trinajstić information content (AvgIpc) is 2.27. The number of hydrogen-bond acceptors (Lipinski definition) is 3. The van der Waals surface area contributed by atoms with Crippen LogP contribution in [0.5, 0.6) is 0 Å². The van der Waals surface area contributed by atoms with Crippen LogP contribution in [0.2, 0.25) is 0 Å². The lowest BCUT2D eigenvalue weighted by molar-refractivity contribution is 0.492. The standard InChI is InChI=1S/C11H16F2N2O2S/c1-18(16,17)15-7-3-6-14-8-9-4-2-5-10(12)11(9)13/h2,4-5,14-15H,3,6-8H2,1H3. The van der Waals surface area contributed by atoms with E-state index in [1.54, 1.807) is 0 Å². The van der Waals surface area contributed by atoms with Gasteiger partial charge in [-0.15, -0.1) is 0 Å². The molecule has 0 saturated carbocycles. The van der Waals surface area contributed by atoms with Gasteiger partial charge in [-0.3, -0.25) is 0 Å². The van der Waals surface area contributed by atoms with Crippen LogP contribution in [0.4, 0.5) is 8.78 Å². The van der Waals surface area contributed by atoms with Gasteiger partial charge in [-0.25, -0.2) is 21.9 Å². The van der Waals surface area contributed by atoms with E-state index >= 15 is 0 Å². The zero-order valence-corrected chi connectivity index (χ0v) is 10.9. The van der Waals surface area contributed by atoms with Crippen LogP contribution in [0, 0.1) is 11.6 Å². The molecular formula is C11H16F2N2O2S. The molecule has 0 amide bonds. The first-order valence-corrected chi connectivity index (χ1v) is 7.37. The minimum atomic E-state index is -3.16. The van der Waals surface area contributed by atoms with E-state index in [4.69, 9.17) is 0 Å². The predicted octanol–water partition coefficient (Wildman–Crippen LogP) is 0.994. The summed E-state index contributed by atoms with van der Waals surface area (Å²) in [5, 5.41) is 2.91. The van der Waals surface area contributed by atoms with E-state index in [0.29, 0.717) is 19.5 Å². The molecule has 4 nitrogen and oxygen atoms in total. The number of benzene rings is 1. The number of nitrogens with one attached hydrogen (secondary N) is 2. The molecule has 0 fully saturated rings. The summed E-state index contributed by atoms with van der Waals surface area (Å²) < 4.78 is 49.9. The second-order valence-corrected chi connectivity index (χ2v) is 5.74. The van der Waals surface area contributed by atoms with E-state index in [2.05, 4.69) is 10.0 Å². The summed E-state index contributed by atoms with van der Waals surface area (Å²) in [6.07, 6.45) is 1.66. The molecule has 0 unspecified atom stereocenters. The van der Waals surface area contributed by atoms with Gasteiger partial charge in [0.1, 0.15) is 0 Å². The van der Waals surface area contributed by atoms with Crippen molar-refractivity contribution >= 4 is 10.0 Å². The Morgan fingerprint density at radius 3 is 2.61 bits per heavy atom. The number of rotatable bonds is 7. The van der Waals surface area contributed by atoms with E-state index in [9.17, 15) is 17.2 Å². The van der Waals surface area contributed by atoms with Gasteiger partial charge < -0.3 is 5.32 Å².